The number of thiazole rings is 1. The van der Waals surface area contributed by atoms with Crippen LogP contribution in [0.1, 0.15) is 35.9 Å². The summed E-state index contributed by atoms with van der Waals surface area (Å²) >= 11 is 1.52. The standard InChI is InChI=1S/C13H14N4O2S/c1-13(12(18)19)4-8(9-5-14-2-3-16-9)11(17-13)10-6-15-7-20-10/h2-3,5-8,11,17H,4H2,1H3,(H,18,19)/t8-,11-,13+/m1/s1. The van der Waals surface area contributed by atoms with E-state index in [9.17, 15) is 9.90 Å². The molecule has 20 heavy (non-hydrogen) atoms. The monoisotopic (exact) mass is 290 g/mol. The summed E-state index contributed by atoms with van der Waals surface area (Å²) in [5.74, 6) is -0.872. The van der Waals surface area contributed by atoms with Gasteiger partial charge < -0.3 is 5.11 Å². The molecule has 0 amide bonds. The fraction of sp³-hybridized carbons (Fsp3) is 0.385. The number of rotatable bonds is 3. The minimum atomic E-state index is -0.961. The number of carboxylic acids is 1. The van der Waals surface area contributed by atoms with Crippen molar-refractivity contribution in [3.63, 3.8) is 0 Å². The molecule has 3 atom stereocenters. The van der Waals surface area contributed by atoms with Gasteiger partial charge in [-0.25, -0.2) is 0 Å². The maximum absolute atomic E-state index is 11.5. The van der Waals surface area contributed by atoms with Gasteiger partial charge >= 0.3 is 5.97 Å². The van der Waals surface area contributed by atoms with Crippen LogP contribution in [-0.4, -0.2) is 31.6 Å². The second kappa shape index (κ2) is 4.92. The summed E-state index contributed by atoms with van der Waals surface area (Å²) in [5, 5.41) is 12.7. The van der Waals surface area contributed by atoms with E-state index in [1.165, 1.54) is 11.3 Å². The van der Waals surface area contributed by atoms with Crippen LogP contribution >= 0.6 is 11.3 Å². The van der Waals surface area contributed by atoms with Gasteiger partial charge in [0.15, 0.2) is 0 Å². The molecule has 3 rings (SSSR count). The van der Waals surface area contributed by atoms with E-state index in [0.29, 0.717) is 6.42 Å². The summed E-state index contributed by atoms with van der Waals surface area (Å²) in [7, 11) is 0. The van der Waals surface area contributed by atoms with E-state index < -0.39 is 11.5 Å². The number of carboxylic acid groups (broad SMARTS) is 1. The van der Waals surface area contributed by atoms with Crippen LogP contribution in [0.4, 0.5) is 0 Å². The lowest BCUT2D eigenvalue weighted by atomic mass is 9.90. The smallest absolute Gasteiger partial charge is 0.323 e. The van der Waals surface area contributed by atoms with Crippen molar-refractivity contribution in [2.75, 3.05) is 0 Å². The predicted molar refractivity (Wildman–Crippen MR) is 73.4 cm³/mol. The van der Waals surface area contributed by atoms with Crippen LogP contribution in [0.5, 0.6) is 0 Å². The van der Waals surface area contributed by atoms with Crippen molar-refractivity contribution in [1.29, 1.82) is 0 Å². The molecule has 0 spiro atoms. The molecule has 7 heteroatoms. The number of nitrogens with zero attached hydrogens (tertiary/aromatic N) is 3. The summed E-state index contributed by atoms with van der Waals surface area (Å²) < 4.78 is 0. The third kappa shape index (κ3) is 2.19. The van der Waals surface area contributed by atoms with Crippen LogP contribution in [0, 0.1) is 0 Å². The fourth-order valence-electron chi connectivity index (χ4n) is 2.64. The molecule has 2 aromatic rings. The Morgan fingerprint density at radius 2 is 2.30 bits per heavy atom. The number of carbonyl (C=O) groups is 1. The number of nitrogens with one attached hydrogen (secondary N) is 1. The van der Waals surface area contributed by atoms with Gasteiger partial charge in [-0.2, -0.15) is 0 Å². The molecule has 0 unspecified atom stereocenters. The van der Waals surface area contributed by atoms with Crippen LogP contribution in [0.2, 0.25) is 0 Å². The summed E-state index contributed by atoms with van der Waals surface area (Å²) in [5.41, 5.74) is 1.60. The van der Waals surface area contributed by atoms with Crippen molar-refractivity contribution in [3.8, 4) is 0 Å². The zero-order valence-corrected chi connectivity index (χ0v) is 11.7. The van der Waals surface area contributed by atoms with Crippen LogP contribution in [0.15, 0.2) is 30.3 Å². The maximum atomic E-state index is 11.5. The lowest BCUT2D eigenvalue weighted by Gasteiger charge is -2.19. The lowest BCUT2D eigenvalue weighted by molar-refractivity contribution is -0.143. The molecule has 1 saturated heterocycles. The molecule has 104 valence electrons. The quantitative estimate of drug-likeness (QED) is 0.892. The van der Waals surface area contributed by atoms with Gasteiger partial charge in [-0.15, -0.1) is 11.3 Å². The van der Waals surface area contributed by atoms with Gasteiger partial charge in [-0.05, 0) is 13.3 Å². The largest absolute Gasteiger partial charge is 0.480 e. The van der Waals surface area contributed by atoms with Crippen molar-refractivity contribution >= 4 is 17.3 Å². The molecule has 2 N–H and O–H groups in total. The first kappa shape index (κ1) is 13.1. The Hall–Kier alpha value is -1.86. The molecule has 0 aromatic carbocycles. The third-order valence-electron chi connectivity index (χ3n) is 3.70. The van der Waals surface area contributed by atoms with Gasteiger partial charge in [0.1, 0.15) is 5.54 Å². The highest BCUT2D eigenvalue weighted by atomic mass is 32.1. The molecule has 1 aliphatic rings. The molecule has 3 heterocycles. The highest BCUT2D eigenvalue weighted by Crippen LogP contribution is 2.44. The normalized spacial score (nSPS) is 29.4. The molecular formula is C13H14N4O2S. The number of aliphatic carboxylic acids is 1. The zero-order valence-electron chi connectivity index (χ0n) is 10.9. The van der Waals surface area contributed by atoms with Crippen LogP contribution in [0.25, 0.3) is 0 Å². The van der Waals surface area contributed by atoms with Crippen molar-refractivity contribution in [2.24, 2.45) is 0 Å². The number of hydrogen-bond acceptors (Lipinski definition) is 6. The van der Waals surface area contributed by atoms with Crippen LogP contribution in [0.3, 0.4) is 0 Å². The van der Waals surface area contributed by atoms with E-state index >= 15 is 0 Å². The van der Waals surface area contributed by atoms with Gasteiger partial charge in [-0.1, -0.05) is 0 Å². The maximum Gasteiger partial charge on any atom is 0.323 e. The third-order valence-corrected chi connectivity index (χ3v) is 4.56. The van der Waals surface area contributed by atoms with E-state index in [4.69, 9.17) is 0 Å². The van der Waals surface area contributed by atoms with E-state index in [1.807, 2.05) is 0 Å². The summed E-state index contributed by atoms with van der Waals surface area (Å²) in [4.78, 5) is 25.0. The first-order chi connectivity index (χ1) is 9.60. The van der Waals surface area contributed by atoms with Gasteiger partial charge in [0.25, 0.3) is 0 Å². The highest BCUT2D eigenvalue weighted by Gasteiger charge is 2.48. The Morgan fingerprint density at radius 1 is 1.45 bits per heavy atom. The Kier molecular flexibility index (Phi) is 3.23. The molecule has 0 bridgehead atoms. The van der Waals surface area contributed by atoms with Gasteiger partial charge in [-0.3, -0.25) is 25.1 Å². The van der Waals surface area contributed by atoms with E-state index in [0.717, 1.165) is 10.6 Å². The minimum absolute atomic E-state index is 0.0229. The van der Waals surface area contributed by atoms with Gasteiger partial charge in [0.2, 0.25) is 0 Å². The zero-order chi connectivity index (χ0) is 14.2. The molecular weight excluding hydrogens is 276 g/mol. The lowest BCUT2D eigenvalue weighted by Crippen LogP contribution is -2.44. The highest BCUT2D eigenvalue weighted by molar-refractivity contribution is 7.09. The molecule has 6 nitrogen and oxygen atoms in total. The van der Waals surface area contributed by atoms with Crippen molar-refractivity contribution in [2.45, 2.75) is 30.8 Å². The summed E-state index contributed by atoms with van der Waals surface area (Å²) in [6.07, 6.45) is 7.20. The predicted octanol–water partition coefficient (Wildman–Crippen LogP) is 1.59. The van der Waals surface area contributed by atoms with E-state index in [1.54, 1.807) is 37.2 Å². The average molecular weight is 290 g/mol. The molecule has 0 radical (unpaired) electrons. The molecule has 1 aliphatic heterocycles. The number of hydrogen-bond donors (Lipinski definition) is 2. The number of aromatic nitrogens is 3. The van der Waals surface area contributed by atoms with E-state index in [-0.39, 0.29) is 12.0 Å². The first-order valence-corrected chi connectivity index (χ1v) is 7.13. The Morgan fingerprint density at radius 3 is 2.90 bits per heavy atom. The second-order valence-corrected chi connectivity index (χ2v) is 6.02. The van der Waals surface area contributed by atoms with Crippen LogP contribution < -0.4 is 5.32 Å². The SMILES string of the molecule is C[C@@]1(C(=O)O)C[C@H](c2cnccn2)[C@H](c2cncs2)N1. The fourth-order valence-corrected chi connectivity index (χ4v) is 3.37. The van der Waals surface area contributed by atoms with Gasteiger partial charge in [0, 0.05) is 35.6 Å². The second-order valence-electron chi connectivity index (χ2n) is 5.10. The summed E-state index contributed by atoms with van der Waals surface area (Å²) in [6.45, 7) is 1.71. The van der Waals surface area contributed by atoms with Crippen LogP contribution in [-0.2, 0) is 4.79 Å². The molecule has 0 aliphatic carbocycles. The Balaban J connectivity index is 1.99. The van der Waals surface area contributed by atoms with E-state index in [2.05, 4.69) is 20.3 Å². The van der Waals surface area contributed by atoms with Gasteiger partial charge in [0.05, 0.1) is 17.2 Å². The van der Waals surface area contributed by atoms with Crippen molar-refractivity contribution < 1.29 is 9.90 Å². The van der Waals surface area contributed by atoms with Crippen molar-refractivity contribution in [1.82, 2.24) is 20.3 Å². The molecule has 2 aromatic heterocycles. The minimum Gasteiger partial charge on any atom is -0.480 e. The summed E-state index contributed by atoms with van der Waals surface area (Å²) in [6, 6.07) is -0.0969. The average Bonchev–Trinajstić information content (AvgIpc) is 3.07. The Bertz CT molecular complexity index is 604. The van der Waals surface area contributed by atoms with Crippen molar-refractivity contribution in [3.05, 3.63) is 40.9 Å². The Labute approximate surface area is 119 Å². The topological polar surface area (TPSA) is 88.0 Å². The molecule has 0 saturated carbocycles. The first-order valence-electron chi connectivity index (χ1n) is 6.25. The molecule has 1 fully saturated rings.